The standard InChI is InChI=1S/C12H21NO4S/c1-10(18(17)9-6-11(14)15)12(16)13-7-4-2-3-5-8-13/h10H,2-9H2,1H3,(H,14,15). The van der Waals surface area contributed by atoms with Crippen LogP contribution in [-0.2, 0) is 20.4 Å². The minimum Gasteiger partial charge on any atom is -0.481 e. The van der Waals surface area contributed by atoms with Gasteiger partial charge in [-0.05, 0) is 19.8 Å². The Morgan fingerprint density at radius 3 is 2.28 bits per heavy atom. The van der Waals surface area contributed by atoms with E-state index >= 15 is 0 Å². The molecule has 0 aromatic rings. The number of rotatable bonds is 5. The van der Waals surface area contributed by atoms with Crippen molar-refractivity contribution in [2.24, 2.45) is 0 Å². The molecule has 104 valence electrons. The van der Waals surface area contributed by atoms with Crippen molar-refractivity contribution in [2.75, 3.05) is 18.8 Å². The van der Waals surface area contributed by atoms with Crippen molar-refractivity contribution in [3.8, 4) is 0 Å². The fourth-order valence-electron chi connectivity index (χ4n) is 2.03. The van der Waals surface area contributed by atoms with Crippen LogP contribution in [0.3, 0.4) is 0 Å². The Kier molecular flexibility index (Phi) is 6.32. The molecule has 1 saturated heterocycles. The second-order valence-electron chi connectivity index (χ2n) is 4.61. The van der Waals surface area contributed by atoms with E-state index in [1.54, 1.807) is 11.8 Å². The molecule has 1 rings (SSSR count). The van der Waals surface area contributed by atoms with Gasteiger partial charge in [-0.1, -0.05) is 12.8 Å². The first-order chi connectivity index (χ1) is 8.52. The van der Waals surface area contributed by atoms with E-state index in [9.17, 15) is 13.8 Å². The van der Waals surface area contributed by atoms with Gasteiger partial charge in [0.25, 0.3) is 0 Å². The predicted molar refractivity (Wildman–Crippen MR) is 69.8 cm³/mol. The number of hydrogen-bond donors (Lipinski definition) is 1. The fourth-order valence-corrected chi connectivity index (χ4v) is 3.13. The molecular formula is C12H21NO4S. The van der Waals surface area contributed by atoms with Gasteiger partial charge in [-0.2, -0.15) is 0 Å². The van der Waals surface area contributed by atoms with Crippen molar-refractivity contribution in [3.63, 3.8) is 0 Å². The molecule has 2 atom stereocenters. The van der Waals surface area contributed by atoms with Crippen molar-refractivity contribution in [3.05, 3.63) is 0 Å². The molecule has 0 aliphatic carbocycles. The highest BCUT2D eigenvalue weighted by atomic mass is 32.2. The third-order valence-corrected chi connectivity index (χ3v) is 4.77. The maximum Gasteiger partial charge on any atom is 0.304 e. The molecule has 2 unspecified atom stereocenters. The number of likely N-dealkylation sites (tertiary alicyclic amines) is 1. The van der Waals surface area contributed by atoms with Crippen LogP contribution in [0.2, 0.25) is 0 Å². The van der Waals surface area contributed by atoms with E-state index in [4.69, 9.17) is 5.11 Å². The number of nitrogens with zero attached hydrogens (tertiary/aromatic N) is 1. The lowest BCUT2D eigenvalue weighted by Crippen LogP contribution is -2.40. The van der Waals surface area contributed by atoms with E-state index in [1.165, 1.54) is 0 Å². The molecule has 1 aliphatic rings. The van der Waals surface area contributed by atoms with Crippen molar-refractivity contribution in [1.82, 2.24) is 4.90 Å². The Morgan fingerprint density at radius 1 is 1.22 bits per heavy atom. The highest BCUT2D eigenvalue weighted by Gasteiger charge is 2.25. The second kappa shape index (κ2) is 7.51. The Balaban J connectivity index is 2.48. The lowest BCUT2D eigenvalue weighted by atomic mass is 10.2. The predicted octanol–water partition coefficient (Wildman–Crippen LogP) is 1.00. The van der Waals surface area contributed by atoms with E-state index < -0.39 is 22.0 Å². The Morgan fingerprint density at radius 2 is 1.78 bits per heavy atom. The average molecular weight is 275 g/mol. The number of aliphatic carboxylic acids is 1. The minimum absolute atomic E-state index is 0.0517. The van der Waals surface area contributed by atoms with Crippen LogP contribution in [0.4, 0.5) is 0 Å². The minimum atomic E-state index is -1.39. The Hall–Kier alpha value is -0.910. The van der Waals surface area contributed by atoms with E-state index in [1.807, 2.05) is 0 Å². The number of carboxylic acids is 1. The summed E-state index contributed by atoms with van der Waals surface area (Å²) >= 11 is 0. The van der Waals surface area contributed by atoms with Crippen molar-refractivity contribution >= 4 is 22.7 Å². The summed E-state index contributed by atoms with van der Waals surface area (Å²) in [4.78, 5) is 24.3. The largest absolute Gasteiger partial charge is 0.481 e. The quantitative estimate of drug-likeness (QED) is 0.812. The smallest absolute Gasteiger partial charge is 0.304 e. The zero-order chi connectivity index (χ0) is 13.5. The molecule has 5 nitrogen and oxygen atoms in total. The summed E-state index contributed by atoms with van der Waals surface area (Å²) in [7, 11) is -1.39. The number of carbonyl (C=O) groups is 2. The third-order valence-electron chi connectivity index (χ3n) is 3.18. The first-order valence-electron chi connectivity index (χ1n) is 6.40. The van der Waals surface area contributed by atoms with Crippen LogP contribution in [0.25, 0.3) is 0 Å². The number of hydrogen-bond acceptors (Lipinski definition) is 3. The van der Waals surface area contributed by atoms with Crippen LogP contribution in [0.1, 0.15) is 39.0 Å². The first-order valence-corrected chi connectivity index (χ1v) is 7.78. The molecule has 1 aliphatic heterocycles. The maximum absolute atomic E-state index is 12.1. The number of carbonyl (C=O) groups excluding carboxylic acids is 1. The topological polar surface area (TPSA) is 74.7 Å². The van der Waals surface area contributed by atoms with Crippen LogP contribution in [0, 0.1) is 0 Å². The molecular weight excluding hydrogens is 254 g/mol. The summed E-state index contributed by atoms with van der Waals surface area (Å²) in [6.45, 7) is 3.10. The van der Waals surface area contributed by atoms with Gasteiger partial charge in [0.1, 0.15) is 5.25 Å². The van der Waals surface area contributed by atoms with Gasteiger partial charge in [-0.25, -0.2) is 0 Å². The summed E-state index contributed by atoms with van der Waals surface area (Å²) in [5.41, 5.74) is 0. The molecule has 1 heterocycles. The van der Waals surface area contributed by atoms with Gasteiger partial charge in [0, 0.05) is 29.6 Å². The van der Waals surface area contributed by atoms with E-state index in [2.05, 4.69) is 0 Å². The van der Waals surface area contributed by atoms with Gasteiger partial charge in [-0.3, -0.25) is 13.8 Å². The number of carboxylic acid groups (broad SMARTS) is 1. The van der Waals surface area contributed by atoms with Gasteiger partial charge in [0.05, 0.1) is 6.42 Å². The molecule has 0 aromatic carbocycles. The molecule has 0 saturated carbocycles. The lowest BCUT2D eigenvalue weighted by Gasteiger charge is -2.23. The molecule has 0 radical (unpaired) electrons. The van der Waals surface area contributed by atoms with Crippen LogP contribution in [0.15, 0.2) is 0 Å². The van der Waals surface area contributed by atoms with E-state index in [0.29, 0.717) is 0 Å². The molecule has 1 amide bonds. The summed E-state index contributed by atoms with van der Waals surface area (Å²) in [5.74, 6) is -1.02. The van der Waals surface area contributed by atoms with Gasteiger partial charge in [-0.15, -0.1) is 0 Å². The molecule has 0 aromatic heterocycles. The second-order valence-corrected chi connectivity index (χ2v) is 6.49. The van der Waals surface area contributed by atoms with Gasteiger partial charge in [0.2, 0.25) is 5.91 Å². The van der Waals surface area contributed by atoms with Crippen LogP contribution in [-0.4, -0.2) is 50.2 Å². The van der Waals surface area contributed by atoms with Crippen molar-refractivity contribution in [1.29, 1.82) is 0 Å². The summed E-state index contributed by atoms with van der Waals surface area (Å²) in [6.07, 6.45) is 4.13. The summed E-state index contributed by atoms with van der Waals surface area (Å²) in [6, 6.07) is 0. The van der Waals surface area contributed by atoms with Gasteiger partial charge in [0.15, 0.2) is 0 Å². The molecule has 1 fully saturated rings. The molecule has 0 bridgehead atoms. The maximum atomic E-state index is 12.1. The summed E-state index contributed by atoms with van der Waals surface area (Å²) in [5, 5.41) is 7.94. The zero-order valence-electron chi connectivity index (χ0n) is 10.8. The van der Waals surface area contributed by atoms with Gasteiger partial charge >= 0.3 is 5.97 Å². The fraction of sp³-hybridized carbons (Fsp3) is 0.833. The molecule has 6 heteroatoms. The Bertz CT molecular complexity index is 324. The zero-order valence-corrected chi connectivity index (χ0v) is 11.6. The van der Waals surface area contributed by atoms with Crippen molar-refractivity contribution < 1.29 is 18.9 Å². The molecule has 0 spiro atoms. The summed E-state index contributed by atoms with van der Waals surface area (Å²) < 4.78 is 11.8. The average Bonchev–Trinajstić information content (AvgIpc) is 2.62. The van der Waals surface area contributed by atoms with E-state index in [-0.39, 0.29) is 18.1 Å². The SMILES string of the molecule is CC(C(=O)N1CCCCCC1)S(=O)CCC(=O)O. The lowest BCUT2D eigenvalue weighted by molar-refractivity contribution is -0.136. The third kappa shape index (κ3) is 4.76. The highest BCUT2D eigenvalue weighted by Crippen LogP contribution is 2.12. The molecule has 18 heavy (non-hydrogen) atoms. The number of amides is 1. The van der Waals surface area contributed by atoms with Crippen LogP contribution in [0.5, 0.6) is 0 Å². The highest BCUT2D eigenvalue weighted by molar-refractivity contribution is 7.86. The van der Waals surface area contributed by atoms with Gasteiger partial charge < -0.3 is 10.0 Å². The van der Waals surface area contributed by atoms with Crippen molar-refractivity contribution in [2.45, 2.75) is 44.3 Å². The monoisotopic (exact) mass is 275 g/mol. The first kappa shape index (κ1) is 15.1. The Labute approximate surface area is 110 Å². The van der Waals surface area contributed by atoms with Crippen LogP contribution >= 0.6 is 0 Å². The molecule has 1 N–H and O–H groups in total. The normalized spacial score (nSPS) is 19.9. The van der Waals surface area contributed by atoms with Crippen LogP contribution < -0.4 is 0 Å². The van der Waals surface area contributed by atoms with E-state index in [0.717, 1.165) is 38.8 Å².